The first-order valence-electron chi connectivity index (χ1n) is 9.29. The zero-order chi connectivity index (χ0) is 21.7. The normalized spacial score (nSPS) is 13.2. The van der Waals surface area contributed by atoms with Gasteiger partial charge in [-0.2, -0.15) is 4.98 Å². The van der Waals surface area contributed by atoms with Crippen LogP contribution in [-0.2, 0) is 0 Å². The van der Waals surface area contributed by atoms with Crippen LogP contribution in [0.15, 0.2) is 24.3 Å². The summed E-state index contributed by atoms with van der Waals surface area (Å²) in [7, 11) is 0. The first kappa shape index (κ1) is 20.9. The lowest BCUT2D eigenvalue weighted by Gasteiger charge is -2.17. The summed E-state index contributed by atoms with van der Waals surface area (Å²) in [6, 6.07) is 4.51. The summed E-state index contributed by atoms with van der Waals surface area (Å²) in [5.74, 6) is 1.07. The Kier molecular flexibility index (Phi) is 6.35. The number of nitro groups is 2. The van der Waals surface area contributed by atoms with Crippen LogP contribution in [0, 0.1) is 27.2 Å². The van der Waals surface area contributed by atoms with E-state index in [1.807, 2.05) is 0 Å². The lowest BCUT2D eigenvalue weighted by molar-refractivity contribution is -0.394. The topological polar surface area (TPSA) is 154 Å². The number of rotatable bonds is 8. The number of non-ortho nitro benzene ring substituents is 2. The Labute approximate surface area is 171 Å². The molecule has 0 radical (unpaired) electrons. The number of ether oxygens (including phenoxy) is 1. The van der Waals surface area contributed by atoms with Crippen molar-refractivity contribution in [2.45, 2.75) is 19.8 Å². The van der Waals surface area contributed by atoms with Crippen molar-refractivity contribution in [3.05, 3.63) is 55.9 Å². The summed E-state index contributed by atoms with van der Waals surface area (Å²) < 4.78 is 5.59. The number of carbonyl (C=O) groups excluding carboxylic acids is 1. The molecule has 0 atom stereocenters. The zero-order valence-electron chi connectivity index (χ0n) is 16.2. The molecule has 0 aliphatic carbocycles. The smallest absolute Gasteiger partial charge is 0.277 e. The van der Waals surface area contributed by atoms with Gasteiger partial charge in [0, 0.05) is 31.3 Å². The van der Waals surface area contributed by atoms with Crippen LogP contribution in [0.3, 0.4) is 0 Å². The van der Waals surface area contributed by atoms with E-state index in [1.54, 1.807) is 13.0 Å². The third kappa shape index (κ3) is 5.16. The number of hydrogen-bond donors (Lipinski definition) is 1. The van der Waals surface area contributed by atoms with Gasteiger partial charge in [0.2, 0.25) is 5.88 Å². The molecule has 0 spiro atoms. The van der Waals surface area contributed by atoms with E-state index in [-0.39, 0.29) is 18.7 Å². The van der Waals surface area contributed by atoms with E-state index in [0.717, 1.165) is 49.9 Å². The van der Waals surface area contributed by atoms with Crippen LogP contribution >= 0.6 is 0 Å². The van der Waals surface area contributed by atoms with Crippen LogP contribution < -0.4 is 15.0 Å². The molecule has 3 rings (SSSR count). The Hall–Kier alpha value is -3.83. The third-order valence-corrected chi connectivity index (χ3v) is 4.45. The molecule has 12 nitrogen and oxygen atoms in total. The molecule has 1 aromatic carbocycles. The Bertz CT molecular complexity index is 943. The molecule has 0 unspecified atom stereocenters. The van der Waals surface area contributed by atoms with Crippen molar-refractivity contribution in [3.8, 4) is 5.88 Å². The van der Waals surface area contributed by atoms with E-state index in [4.69, 9.17) is 4.74 Å². The fraction of sp³-hybridized carbons (Fsp3) is 0.389. The number of amides is 1. The quantitative estimate of drug-likeness (QED) is 0.386. The monoisotopic (exact) mass is 416 g/mol. The highest BCUT2D eigenvalue weighted by molar-refractivity contribution is 5.95. The Balaban J connectivity index is 1.59. The molecule has 0 bridgehead atoms. The van der Waals surface area contributed by atoms with Crippen LogP contribution in [0.4, 0.5) is 17.2 Å². The highest BCUT2D eigenvalue weighted by Gasteiger charge is 2.20. The van der Waals surface area contributed by atoms with Gasteiger partial charge in [-0.15, -0.1) is 0 Å². The molecular weight excluding hydrogens is 396 g/mol. The van der Waals surface area contributed by atoms with Gasteiger partial charge in [0.25, 0.3) is 17.3 Å². The van der Waals surface area contributed by atoms with Gasteiger partial charge in [-0.3, -0.25) is 25.0 Å². The van der Waals surface area contributed by atoms with Gasteiger partial charge >= 0.3 is 0 Å². The van der Waals surface area contributed by atoms with E-state index in [9.17, 15) is 25.0 Å². The molecule has 0 saturated carbocycles. The maximum absolute atomic E-state index is 12.2. The summed E-state index contributed by atoms with van der Waals surface area (Å²) in [4.78, 5) is 43.3. The summed E-state index contributed by atoms with van der Waals surface area (Å²) in [6.45, 7) is 3.81. The molecule has 158 valence electrons. The van der Waals surface area contributed by atoms with E-state index in [1.165, 1.54) is 0 Å². The number of aromatic nitrogens is 2. The lowest BCUT2D eigenvalue weighted by atomic mass is 10.1. The average Bonchev–Trinajstić information content (AvgIpc) is 3.25. The molecular formula is C18H20N6O6. The number of hydrogen-bond acceptors (Lipinski definition) is 9. The summed E-state index contributed by atoms with van der Waals surface area (Å²) in [6.07, 6.45) is 2.22. The Morgan fingerprint density at radius 3 is 2.33 bits per heavy atom. The Morgan fingerprint density at radius 2 is 1.73 bits per heavy atom. The summed E-state index contributed by atoms with van der Waals surface area (Å²) >= 11 is 0. The lowest BCUT2D eigenvalue weighted by Crippen LogP contribution is -2.28. The minimum Gasteiger partial charge on any atom is -0.476 e. The van der Waals surface area contributed by atoms with Gasteiger partial charge in [-0.1, -0.05) is 0 Å². The molecule has 2 heterocycles. The van der Waals surface area contributed by atoms with Gasteiger partial charge in [-0.05, 0) is 19.8 Å². The second kappa shape index (κ2) is 9.11. The molecule has 1 saturated heterocycles. The van der Waals surface area contributed by atoms with Gasteiger partial charge in [0.15, 0.2) is 0 Å². The predicted octanol–water partition coefficient (Wildman–Crippen LogP) is 2.01. The second-order valence-corrected chi connectivity index (χ2v) is 6.66. The van der Waals surface area contributed by atoms with Crippen molar-refractivity contribution in [1.82, 2.24) is 15.3 Å². The number of nitro benzene ring substituents is 2. The molecule has 1 amide bonds. The Morgan fingerprint density at radius 1 is 1.10 bits per heavy atom. The SMILES string of the molecule is Cc1nc(OCCNC(=O)c2cc([N+](=O)[O-])cc([N+](=O)[O-])c2)cc(N2CCCC2)n1. The molecule has 1 fully saturated rings. The number of benzene rings is 1. The minimum absolute atomic E-state index is 0.0808. The van der Waals surface area contributed by atoms with Crippen molar-refractivity contribution in [3.63, 3.8) is 0 Å². The molecule has 1 aliphatic heterocycles. The van der Waals surface area contributed by atoms with Crippen LogP contribution in [0.2, 0.25) is 0 Å². The van der Waals surface area contributed by atoms with Crippen molar-refractivity contribution < 1.29 is 19.4 Å². The first-order chi connectivity index (χ1) is 14.3. The number of anilines is 1. The molecule has 30 heavy (non-hydrogen) atoms. The largest absolute Gasteiger partial charge is 0.476 e. The molecule has 1 aromatic heterocycles. The van der Waals surface area contributed by atoms with Crippen LogP contribution in [0.25, 0.3) is 0 Å². The van der Waals surface area contributed by atoms with Gasteiger partial charge in [0.05, 0.1) is 28.0 Å². The zero-order valence-corrected chi connectivity index (χ0v) is 16.2. The summed E-state index contributed by atoms with van der Waals surface area (Å²) in [5.41, 5.74) is -1.24. The van der Waals surface area contributed by atoms with Crippen molar-refractivity contribution >= 4 is 23.1 Å². The predicted molar refractivity (Wildman–Crippen MR) is 106 cm³/mol. The van der Waals surface area contributed by atoms with Crippen molar-refractivity contribution in [2.75, 3.05) is 31.1 Å². The van der Waals surface area contributed by atoms with E-state index in [2.05, 4.69) is 20.2 Å². The maximum atomic E-state index is 12.2. The van der Waals surface area contributed by atoms with E-state index < -0.39 is 27.1 Å². The fourth-order valence-corrected chi connectivity index (χ4v) is 3.07. The minimum atomic E-state index is -0.789. The maximum Gasteiger partial charge on any atom is 0.277 e. The number of carbonyl (C=O) groups is 1. The van der Waals surface area contributed by atoms with Gasteiger partial charge in [0.1, 0.15) is 18.2 Å². The van der Waals surface area contributed by atoms with E-state index >= 15 is 0 Å². The molecule has 1 N–H and O–H groups in total. The van der Waals surface area contributed by atoms with Crippen LogP contribution in [0.5, 0.6) is 5.88 Å². The van der Waals surface area contributed by atoms with Crippen molar-refractivity contribution in [1.29, 1.82) is 0 Å². The summed E-state index contributed by atoms with van der Waals surface area (Å²) in [5, 5.41) is 24.4. The van der Waals surface area contributed by atoms with Gasteiger partial charge in [-0.25, -0.2) is 4.98 Å². The standard InChI is InChI=1S/C18H20N6O6/c1-12-20-16(22-5-2-3-6-22)11-17(21-12)30-7-4-19-18(25)13-8-14(23(26)27)10-15(9-13)24(28)29/h8-11H,2-7H2,1H3,(H,19,25). The molecule has 2 aromatic rings. The number of aryl methyl sites for hydroxylation is 1. The van der Waals surface area contributed by atoms with Gasteiger partial charge < -0.3 is 15.0 Å². The second-order valence-electron chi connectivity index (χ2n) is 6.66. The van der Waals surface area contributed by atoms with Crippen LogP contribution in [0.1, 0.15) is 29.0 Å². The highest BCUT2D eigenvalue weighted by Crippen LogP contribution is 2.23. The number of nitrogens with one attached hydrogen (secondary N) is 1. The van der Waals surface area contributed by atoms with Crippen LogP contribution in [-0.4, -0.2) is 52.0 Å². The fourth-order valence-electron chi connectivity index (χ4n) is 3.07. The third-order valence-electron chi connectivity index (χ3n) is 4.45. The molecule has 12 heteroatoms. The highest BCUT2D eigenvalue weighted by atomic mass is 16.6. The first-order valence-corrected chi connectivity index (χ1v) is 9.29. The van der Waals surface area contributed by atoms with E-state index in [0.29, 0.717) is 11.7 Å². The van der Waals surface area contributed by atoms with Crippen molar-refractivity contribution in [2.24, 2.45) is 0 Å². The average molecular weight is 416 g/mol. The molecule has 1 aliphatic rings. The number of nitrogens with zero attached hydrogens (tertiary/aromatic N) is 5.